The van der Waals surface area contributed by atoms with Crippen molar-refractivity contribution >= 4 is 60.4 Å². The van der Waals surface area contributed by atoms with Crippen LogP contribution in [0.4, 0.5) is 17.1 Å². The predicted molar refractivity (Wildman–Crippen MR) is 247 cm³/mol. The van der Waals surface area contributed by atoms with E-state index in [1.807, 2.05) is 0 Å². The molecule has 0 saturated heterocycles. The molecule has 11 rings (SSSR count). The molecule has 0 fully saturated rings. The lowest BCUT2D eigenvalue weighted by Gasteiger charge is -2.27. The van der Waals surface area contributed by atoms with E-state index in [-0.39, 0.29) is 0 Å². The molecule has 58 heavy (non-hydrogen) atoms. The fraction of sp³-hybridized carbons (Fsp3) is 0. The minimum Gasteiger partial charge on any atom is -0.310 e. The van der Waals surface area contributed by atoms with E-state index in [1.165, 1.54) is 71.2 Å². The van der Waals surface area contributed by atoms with E-state index in [0.29, 0.717) is 0 Å². The Bertz CT molecular complexity index is 3250. The number of nitrogens with zero attached hydrogens (tertiary/aromatic N) is 2. The van der Waals surface area contributed by atoms with Gasteiger partial charge in [-0.2, -0.15) is 0 Å². The third-order valence-corrected chi connectivity index (χ3v) is 11.5. The first-order valence-electron chi connectivity index (χ1n) is 19.9. The molecule has 0 unspecified atom stereocenters. The summed E-state index contributed by atoms with van der Waals surface area (Å²) in [4.78, 5) is 2.40. The van der Waals surface area contributed by atoms with Gasteiger partial charge in [0.05, 0.1) is 11.0 Å². The molecule has 0 aliphatic heterocycles. The third-order valence-electron chi connectivity index (χ3n) is 11.5. The molecule has 0 radical (unpaired) electrons. The number of hydrogen-bond donors (Lipinski definition) is 0. The molecular formula is C56H38N2. The van der Waals surface area contributed by atoms with Crippen LogP contribution in [0.3, 0.4) is 0 Å². The molecule has 0 aliphatic carbocycles. The van der Waals surface area contributed by atoms with Crippen LogP contribution in [0.15, 0.2) is 231 Å². The topological polar surface area (TPSA) is 8.17 Å². The van der Waals surface area contributed by atoms with E-state index in [2.05, 4.69) is 240 Å². The van der Waals surface area contributed by atoms with Gasteiger partial charge >= 0.3 is 0 Å². The highest BCUT2D eigenvalue weighted by Gasteiger charge is 2.21. The van der Waals surface area contributed by atoms with Gasteiger partial charge in [0.25, 0.3) is 0 Å². The Kier molecular flexibility index (Phi) is 8.19. The van der Waals surface area contributed by atoms with Crippen LogP contribution in [0, 0.1) is 0 Å². The number of fused-ring (bicyclic) bond motifs is 6. The number of aromatic nitrogens is 1. The summed E-state index contributed by atoms with van der Waals surface area (Å²) in [6, 6.07) is 83.7. The molecule has 0 atom stereocenters. The number of anilines is 3. The van der Waals surface area contributed by atoms with Crippen molar-refractivity contribution in [2.75, 3.05) is 4.90 Å². The van der Waals surface area contributed by atoms with Crippen molar-refractivity contribution in [2.45, 2.75) is 0 Å². The molecule has 0 spiro atoms. The van der Waals surface area contributed by atoms with Crippen LogP contribution in [0.2, 0.25) is 0 Å². The van der Waals surface area contributed by atoms with E-state index in [4.69, 9.17) is 0 Å². The summed E-state index contributed by atoms with van der Waals surface area (Å²) in [6.45, 7) is 0. The molecule has 1 heterocycles. The van der Waals surface area contributed by atoms with Gasteiger partial charge in [-0.15, -0.1) is 0 Å². The molecule has 0 saturated carbocycles. The zero-order chi connectivity index (χ0) is 38.4. The summed E-state index contributed by atoms with van der Waals surface area (Å²) in [7, 11) is 0. The van der Waals surface area contributed by atoms with E-state index >= 15 is 0 Å². The van der Waals surface area contributed by atoms with E-state index in [9.17, 15) is 0 Å². The van der Waals surface area contributed by atoms with Crippen LogP contribution in [0.1, 0.15) is 0 Å². The lowest BCUT2D eigenvalue weighted by molar-refractivity contribution is 1.18. The SMILES string of the molecule is c1ccc(-c2ccc(N(c3cccc(-c4cccc5c4c4cccc(-c6ccccc6)c4n5-c4ccccc4)c3)c3ccc4c(ccc5ccccc54)c3)cc2)cc1. The monoisotopic (exact) mass is 738 g/mol. The Morgan fingerprint density at radius 1 is 0.310 bits per heavy atom. The first-order chi connectivity index (χ1) is 28.8. The molecule has 2 heteroatoms. The Morgan fingerprint density at radius 2 is 0.879 bits per heavy atom. The number of benzene rings is 10. The average molecular weight is 739 g/mol. The quantitative estimate of drug-likeness (QED) is 0.148. The maximum absolute atomic E-state index is 2.44. The zero-order valence-corrected chi connectivity index (χ0v) is 31.8. The van der Waals surface area contributed by atoms with Crippen molar-refractivity contribution in [3.8, 4) is 39.1 Å². The summed E-state index contributed by atoms with van der Waals surface area (Å²) in [6.07, 6.45) is 0. The van der Waals surface area contributed by atoms with Crippen molar-refractivity contribution in [3.63, 3.8) is 0 Å². The lowest BCUT2D eigenvalue weighted by atomic mass is 9.96. The summed E-state index contributed by atoms with van der Waals surface area (Å²) < 4.78 is 2.44. The summed E-state index contributed by atoms with van der Waals surface area (Å²) in [5, 5.41) is 7.47. The van der Waals surface area contributed by atoms with Gasteiger partial charge in [0.1, 0.15) is 0 Å². The average Bonchev–Trinajstić information content (AvgIpc) is 3.65. The fourth-order valence-corrected chi connectivity index (χ4v) is 8.89. The summed E-state index contributed by atoms with van der Waals surface area (Å²) >= 11 is 0. The van der Waals surface area contributed by atoms with Gasteiger partial charge in [0.15, 0.2) is 0 Å². The predicted octanol–water partition coefficient (Wildman–Crippen LogP) is 15.6. The molecule has 0 bridgehead atoms. The van der Waals surface area contributed by atoms with Crippen molar-refractivity contribution in [3.05, 3.63) is 231 Å². The summed E-state index contributed by atoms with van der Waals surface area (Å²) in [5.74, 6) is 0. The molecule has 11 aromatic rings. The summed E-state index contributed by atoms with van der Waals surface area (Å²) in [5.41, 5.74) is 14.0. The first-order valence-corrected chi connectivity index (χ1v) is 19.9. The smallest absolute Gasteiger partial charge is 0.0619 e. The normalized spacial score (nSPS) is 11.4. The number of rotatable bonds is 7. The Balaban J connectivity index is 1.11. The minimum atomic E-state index is 1.10. The molecule has 0 aliphatic rings. The van der Waals surface area contributed by atoms with Crippen LogP contribution in [0.25, 0.3) is 82.4 Å². The van der Waals surface area contributed by atoms with Gasteiger partial charge in [0, 0.05) is 39.1 Å². The van der Waals surface area contributed by atoms with Gasteiger partial charge in [-0.05, 0) is 104 Å². The standard InChI is InChI=1S/C56H38N2/c1-4-15-39(16-5-1)40-31-33-46(34-32-40)57(48-35-36-50-44(38-48)30-29-42-19-10-11-24-49(42)50)47-23-12-20-43(37-47)51-25-14-28-54-55(51)53-27-13-26-52(41-17-6-2-7-18-41)56(53)58(54)45-21-8-3-9-22-45/h1-38H. The molecule has 1 aromatic heterocycles. The van der Waals surface area contributed by atoms with E-state index < -0.39 is 0 Å². The lowest BCUT2D eigenvalue weighted by Crippen LogP contribution is -2.10. The number of hydrogen-bond acceptors (Lipinski definition) is 1. The molecule has 10 aromatic carbocycles. The molecular weight excluding hydrogens is 701 g/mol. The second-order valence-electron chi connectivity index (χ2n) is 14.9. The highest BCUT2D eigenvalue weighted by molar-refractivity contribution is 6.19. The zero-order valence-electron chi connectivity index (χ0n) is 31.8. The second-order valence-corrected chi connectivity index (χ2v) is 14.9. The van der Waals surface area contributed by atoms with Crippen LogP contribution in [-0.2, 0) is 0 Å². The maximum atomic E-state index is 2.44. The Hall–Kier alpha value is -7.68. The highest BCUT2D eigenvalue weighted by Crippen LogP contribution is 2.44. The van der Waals surface area contributed by atoms with Gasteiger partial charge < -0.3 is 9.47 Å². The largest absolute Gasteiger partial charge is 0.310 e. The highest BCUT2D eigenvalue weighted by atomic mass is 15.1. The van der Waals surface area contributed by atoms with Crippen molar-refractivity contribution in [1.29, 1.82) is 0 Å². The van der Waals surface area contributed by atoms with Crippen LogP contribution < -0.4 is 4.90 Å². The van der Waals surface area contributed by atoms with E-state index in [0.717, 1.165) is 28.3 Å². The van der Waals surface area contributed by atoms with Crippen molar-refractivity contribution in [2.24, 2.45) is 0 Å². The van der Waals surface area contributed by atoms with Gasteiger partial charge in [-0.3, -0.25) is 0 Å². The molecule has 272 valence electrons. The molecule has 0 amide bonds. The van der Waals surface area contributed by atoms with Gasteiger partial charge in [0.2, 0.25) is 0 Å². The van der Waals surface area contributed by atoms with Crippen molar-refractivity contribution < 1.29 is 0 Å². The fourth-order valence-electron chi connectivity index (χ4n) is 8.89. The molecule has 2 nitrogen and oxygen atoms in total. The third kappa shape index (κ3) is 5.74. The second kappa shape index (κ2) is 14.1. The van der Waals surface area contributed by atoms with Crippen molar-refractivity contribution in [1.82, 2.24) is 4.57 Å². The minimum absolute atomic E-state index is 1.10. The van der Waals surface area contributed by atoms with Gasteiger partial charge in [-0.25, -0.2) is 0 Å². The first kappa shape index (κ1) is 33.6. The Morgan fingerprint density at radius 3 is 1.69 bits per heavy atom. The van der Waals surface area contributed by atoms with E-state index in [1.54, 1.807) is 0 Å². The van der Waals surface area contributed by atoms with Crippen LogP contribution >= 0.6 is 0 Å². The van der Waals surface area contributed by atoms with Crippen LogP contribution in [-0.4, -0.2) is 4.57 Å². The molecule has 0 N–H and O–H groups in total. The maximum Gasteiger partial charge on any atom is 0.0619 e. The Labute approximate surface area is 338 Å². The number of para-hydroxylation sites is 2. The van der Waals surface area contributed by atoms with Gasteiger partial charge in [-0.1, -0.05) is 176 Å². The van der Waals surface area contributed by atoms with Crippen LogP contribution in [0.5, 0.6) is 0 Å².